The summed E-state index contributed by atoms with van der Waals surface area (Å²) < 4.78 is 1.88. The molecule has 2 heterocycles. The highest BCUT2D eigenvalue weighted by Crippen LogP contribution is 2.19. The van der Waals surface area contributed by atoms with Crippen LogP contribution >= 0.6 is 0 Å². The number of para-hydroxylation sites is 1. The molecule has 148 valence electrons. The molecule has 6 heteroatoms. The second-order valence-electron chi connectivity index (χ2n) is 7.44. The highest BCUT2D eigenvalue weighted by molar-refractivity contribution is 5.98. The molecule has 2 aromatic heterocycles. The van der Waals surface area contributed by atoms with E-state index in [2.05, 4.69) is 53.3 Å². The lowest BCUT2D eigenvalue weighted by Crippen LogP contribution is -2.26. The van der Waals surface area contributed by atoms with E-state index in [4.69, 9.17) is 0 Å². The molecule has 0 fully saturated rings. The number of unbranched alkanes of at least 4 members (excludes halogenated alkanes) is 1. The second-order valence-corrected chi connectivity index (χ2v) is 7.44. The van der Waals surface area contributed by atoms with Crippen LogP contribution in [-0.4, -0.2) is 40.8 Å². The Morgan fingerprint density at radius 1 is 1.21 bits per heavy atom. The van der Waals surface area contributed by atoms with Crippen molar-refractivity contribution in [1.29, 1.82) is 0 Å². The van der Waals surface area contributed by atoms with Crippen LogP contribution < -0.4 is 10.2 Å². The standard InChI is InChI=1S/C22H29N5O/c1-16(2)27-21-18(15-24-27)14-20(17(3)25-21)22(28)23-12-8-9-13-26(4)19-10-6-5-7-11-19/h5-7,10-11,14-16H,8-9,12-13H2,1-4H3,(H,23,28). The molecular formula is C22H29N5O. The van der Waals surface area contributed by atoms with Crippen LogP contribution in [0.3, 0.4) is 0 Å². The van der Waals surface area contributed by atoms with Crippen LogP contribution in [0.15, 0.2) is 42.6 Å². The molecule has 0 saturated heterocycles. The number of hydrogen-bond acceptors (Lipinski definition) is 4. The van der Waals surface area contributed by atoms with Gasteiger partial charge >= 0.3 is 0 Å². The van der Waals surface area contributed by atoms with E-state index in [9.17, 15) is 4.79 Å². The van der Waals surface area contributed by atoms with Gasteiger partial charge < -0.3 is 10.2 Å². The summed E-state index contributed by atoms with van der Waals surface area (Å²) >= 11 is 0. The first-order valence-corrected chi connectivity index (χ1v) is 9.86. The van der Waals surface area contributed by atoms with Crippen LogP contribution in [0.5, 0.6) is 0 Å². The van der Waals surface area contributed by atoms with Crippen molar-refractivity contribution in [3.63, 3.8) is 0 Å². The molecule has 0 spiro atoms. The van der Waals surface area contributed by atoms with Crippen LogP contribution in [0.25, 0.3) is 11.0 Å². The molecule has 0 radical (unpaired) electrons. The molecule has 1 amide bonds. The number of fused-ring (bicyclic) bond motifs is 1. The Kier molecular flexibility index (Phi) is 6.29. The summed E-state index contributed by atoms with van der Waals surface area (Å²) in [5.41, 5.74) is 3.39. The molecule has 28 heavy (non-hydrogen) atoms. The van der Waals surface area contributed by atoms with E-state index in [0.29, 0.717) is 12.1 Å². The number of anilines is 1. The molecule has 0 aliphatic heterocycles. The van der Waals surface area contributed by atoms with Gasteiger partial charge in [0.2, 0.25) is 0 Å². The number of benzene rings is 1. The van der Waals surface area contributed by atoms with Crippen molar-refractivity contribution < 1.29 is 4.79 Å². The summed E-state index contributed by atoms with van der Waals surface area (Å²) in [5, 5.41) is 8.30. The van der Waals surface area contributed by atoms with Crippen molar-refractivity contribution in [3.8, 4) is 0 Å². The lowest BCUT2D eigenvalue weighted by atomic mass is 10.1. The molecular weight excluding hydrogens is 350 g/mol. The summed E-state index contributed by atoms with van der Waals surface area (Å²) in [6, 6.07) is 12.5. The number of pyridine rings is 1. The van der Waals surface area contributed by atoms with Gasteiger partial charge in [0.25, 0.3) is 5.91 Å². The fourth-order valence-electron chi connectivity index (χ4n) is 3.26. The van der Waals surface area contributed by atoms with E-state index in [1.54, 1.807) is 6.20 Å². The Morgan fingerprint density at radius 3 is 2.68 bits per heavy atom. The fraction of sp³-hybridized carbons (Fsp3) is 0.409. The summed E-state index contributed by atoms with van der Waals surface area (Å²) in [6.07, 6.45) is 3.73. The van der Waals surface area contributed by atoms with E-state index >= 15 is 0 Å². The van der Waals surface area contributed by atoms with E-state index < -0.39 is 0 Å². The van der Waals surface area contributed by atoms with Gasteiger partial charge in [-0.05, 0) is 51.8 Å². The van der Waals surface area contributed by atoms with Gasteiger partial charge in [0.1, 0.15) is 0 Å². The van der Waals surface area contributed by atoms with Gasteiger partial charge in [-0.25, -0.2) is 9.67 Å². The number of nitrogens with zero attached hydrogens (tertiary/aromatic N) is 4. The first kappa shape index (κ1) is 19.9. The maximum Gasteiger partial charge on any atom is 0.253 e. The average Bonchev–Trinajstić information content (AvgIpc) is 3.10. The second kappa shape index (κ2) is 8.87. The van der Waals surface area contributed by atoms with Crippen LogP contribution in [0.2, 0.25) is 0 Å². The summed E-state index contributed by atoms with van der Waals surface area (Å²) in [6.45, 7) is 7.63. The normalized spacial score (nSPS) is 11.2. The smallest absolute Gasteiger partial charge is 0.253 e. The van der Waals surface area contributed by atoms with Crippen molar-refractivity contribution in [2.75, 3.05) is 25.0 Å². The number of rotatable bonds is 8. The zero-order valence-electron chi connectivity index (χ0n) is 17.1. The number of aryl methyl sites for hydroxylation is 1. The maximum absolute atomic E-state index is 12.6. The average molecular weight is 380 g/mol. The van der Waals surface area contributed by atoms with Gasteiger partial charge in [0.15, 0.2) is 5.65 Å². The minimum absolute atomic E-state index is 0.0689. The Bertz CT molecular complexity index is 933. The van der Waals surface area contributed by atoms with Crippen LogP contribution in [0.1, 0.15) is 48.8 Å². The van der Waals surface area contributed by atoms with Crippen molar-refractivity contribution in [2.45, 2.75) is 39.7 Å². The SMILES string of the molecule is Cc1nc2c(cnn2C(C)C)cc1C(=O)NCCCCN(C)c1ccccc1. The van der Waals surface area contributed by atoms with Crippen molar-refractivity contribution in [1.82, 2.24) is 20.1 Å². The highest BCUT2D eigenvalue weighted by atomic mass is 16.1. The van der Waals surface area contributed by atoms with E-state index in [-0.39, 0.29) is 11.9 Å². The third kappa shape index (κ3) is 4.50. The molecule has 6 nitrogen and oxygen atoms in total. The lowest BCUT2D eigenvalue weighted by Gasteiger charge is -2.19. The number of carbonyl (C=O) groups is 1. The zero-order valence-corrected chi connectivity index (χ0v) is 17.1. The van der Waals surface area contributed by atoms with Gasteiger partial charge in [0.05, 0.1) is 17.5 Å². The van der Waals surface area contributed by atoms with Crippen LogP contribution in [-0.2, 0) is 0 Å². The highest BCUT2D eigenvalue weighted by Gasteiger charge is 2.15. The van der Waals surface area contributed by atoms with E-state index in [1.807, 2.05) is 35.9 Å². The van der Waals surface area contributed by atoms with Crippen molar-refractivity contribution in [2.24, 2.45) is 0 Å². The Balaban J connectivity index is 1.52. The van der Waals surface area contributed by atoms with Crippen LogP contribution in [0.4, 0.5) is 5.69 Å². The molecule has 0 aliphatic carbocycles. The number of carbonyl (C=O) groups excluding carboxylic acids is 1. The third-order valence-corrected chi connectivity index (χ3v) is 4.90. The van der Waals surface area contributed by atoms with Gasteiger partial charge in [0, 0.05) is 37.3 Å². The number of amides is 1. The number of nitrogens with one attached hydrogen (secondary N) is 1. The third-order valence-electron chi connectivity index (χ3n) is 4.90. The number of aromatic nitrogens is 3. The molecule has 3 aromatic rings. The quantitative estimate of drug-likeness (QED) is 0.602. The molecule has 0 unspecified atom stereocenters. The monoisotopic (exact) mass is 379 g/mol. The largest absolute Gasteiger partial charge is 0.375 e. The van der Waals surface area contributed by atoms with E-state index in [1.165, 1.54) is 5.69 Å². The molecule has 0 saturated carbocycles. The topological polar surface area (TPSA) is 63.1 Å². The Labute approximate surface area is 166 Å². The molecule has 1 aromatic carbocycles. The summed E-state index contributed by atoms with van der Waals surface area (Å²) in [4.78, 5) is 19.4. The minimum atomic E-state index is -0.0689. The lowest BCUT2D eigenvalue weighted by molar-refractivity contribution is 0.0952. The maximum atomic E-state index is 12.6. The molecule has 0 atom stereocenters. The first-order valence-electron chi connectivity index (χ1n) is 9.86. The molecule has 1 N–H and O–H groups in total. The fourth-order valence-corrected chi connectivity index (χ4v) is 3.26. The van der Waals surface area contributed by atoms with Gasteiger partial charge in [-0.1, -0.05) is 18.2 Å². The Hall–Kier alpha value is -2.89. The molecule has 0 bridgehead atoms. The van der Waals surface area contributed by atoms with Crippen molar-refractivity contribution in [3.05, 3.63) is 53.9 Å². The van der Waals surface area contributed by atoms with E-state index in [0.717, 1.165) is 36.1 Å². The summed E-state index contributed by atoms with van der Waals surface area (Å²) in [5.74, 6) is -0.0689. The van der Waals surface area contributed by atoms with Gasteiger partial charge in [-0.15, -0.1) is 0 Å². The number of hydrogen-bond donors (Lipinski definition) is 1. The first-order chi connectivity index (χ1) is 13.5. The van der Waals surface area contributed by atoms with Gasteiger partial charge in [-0.2, -0.15) is 5.10 Å². The molecule has 3 rings (SSSR count). The van der Waals surface area contributed by atoms with Crippen molar-refractivity contribution >= 4 is 22.6 Å². The Morgan fingerprint density at radius 2 is 1.96 bits per heavy atom. The van der Waals surface area contributed by atoms with Gasteiger partial charge in [-0.3, -0.25) is 4.79 Å². The predicted molar refractivity (Wildman–Crippen MR) is 114 cm³/mol. The minimum Gasteiger partial charge on any atom is -0.375 e. The summed E-state index contributed by atoms with van der Waals surface area (Å²) in [7, 11) is 2.09. The zero-order chi connectivity index (χ0) is 20.1. The van der Waals surface area contributed by atoms with Crippen LogP contribution in [0, 0.1) is 6.92 Å². The predicted octanol–water partition coefficient (Wildman–Crippen LogP) is 3.97. The molecule has 0 aliphatic rings.